The number of carbonyl (C=O) groups is 1. The van der Waals surface area contributed by atoms with Gasteiger partial charge in [-0.3, -0.25) is 0 Å². The summed E-state index contributed by atoms with van der Waals surface area (Å²) < 4.78 is 17.2. The van der Waals surface area contributed by atoms with Gasteiger partial charge >= 0.3 is 5.97 Å². The van der Waals surface area contributed by atoms with E-state index in [4.69, 9.17) is 14.0 Å². The molecular weight excluding hydrogens is 462 g/mol. The first kappa shape index (κ1) is 17.2. The zero-order valence-electron chi connectivity index (χ0n) is 12.4. The predicted octanol–water partition coefficient (Wildman–Crippen LogP) is 5.29. The van der Waals surface area contributed by atoms with Crippen LogP contribution >= 0.6 is 43.2 Å². The number of rotatable bonds is 5. The molecule has 0 unspecified atom stereocenters. The zero-order chi connectivity index (χ0) is 17.1. The summed E-state index contributed by atoms with van der Waals surface area (Å²) in [5.41, 5.74) is 1.56. The van der Waals surface area contributed by atoms with Gasteiger partial charge in [0.25, 0.3) is 0 Å². The molecule has 0 spiro atoms. The lowest BCUT2D eigenvalue weighted by Gasteiger charge is -2.00. The summed E-state index contributed by atoms with van der Waals surface area (Å²) in [6.07, 6.45) is 0. The van der Waals surface area contributed by atoms with Gasteiger partial charge in [0.15, 0.2) is 12.4 Å². The maximum atomic E-state index is 12.0. The molecule has 3 rings (SSSR count). The van der Waals surface area contributed by atoms with Crippen LogP contribution in [0.4, 0.5) is 0 Å². The number of hydrogen-bond donors (Lipinski definition) is 0. The van der Waals surface area contributed by atoms with Crippen molar-refractivity contribution in [1.29, 1.82) is 0 Å². The van der Waals surface area contributed by atoms with Crippen molar-refractivity contribution in [2.45, 2.75) is 6.61 Å². The molecular formula is C16H11Br2NO4S. The van der Waals surface area contributed by atoms with Gasteiger partial charge < -0.3 is 14.0 Å². The van der Waals surface area contributed by atoms with Crippen LogP contribution in [0.3, 0.4) is 0 Å². The van der Waals surface area contributed by atoms with Gasteiger partial charge in [0.2, 0.25) is 0 Å². The second-order valence-corrected chi connectivity index (χ2v) is 7.94. The fraction of sp³-hybridized carbons (Fsp3) is 0.125. The number of aromatic nitrogens is 1. The highest BCUT2D eigenvalue weighted by Gasteiger charge is 2.15. The number of ether oxygens (including phenoxy) is 2. The minimum atomic E-state index is -0.409. The van der Waals surface area contributed by atoms with Crippen LogP contribution in [-0.2, 0) is 11.3 Å². The molecule has 5 nitrogen and oxygen atoms in total. The standard InChI is InChI=1S/C16H11Br2NO4S/c1-21-10-4-2-9(3-5-10)13-6-11(23-19-13)8-22-16(20)14-7-12(17)15(18)24-14/h2-7H,8H2,1H3. The second-order valence-electron chi connectivity index (χ2n) is 4.72. The van der Waals surface area contributed by atoms with Gasteiger partial charge in [-0.1, -0.05) is 5.16 Å². The highest BCUT2D eigenvalue weighted by atomic mass is 79.9. The molecule has 0 radical (unpaired) electrons. The highest BCUT2D eigenvalue weighted by molar-refractivity contribution is 9.13. The summed E-state index contributed by atoms with van der Waals surface area (Å²) in [6, 6.07) is 10.9. The summed E-state index contributed by atoms with van der Waals surface area (Å²) in [5.74, 6) is 0.835. The SMILES string of the molecule is COc1ccc(-c2cc(COC(=O)c3cc(Br)c(Br)s3)on2)cc1. The number of halogens is 2. The molecule has 8 heteroatoms. The van der Waals surface area contributed by atoms with Crippen molar-refractivity contribution in [3.8, 4) is 17.0 Å². The van der Waals surface area contributed by atoms with Gasteiger partial charge in [0.05, 0.1) is 10.9 Å². The quantitative estimate of drug-likeness (QED) is 0.472. The number of nitrogens with zero attached hydrogens (tertiary/aromatic N) is 1. The Kier molecular flexibility index (Phi) is 5.37. The van der Waals surface area contributed by atoms with E-state index in [9.17, 15) is 4.79 Å². The molecule has 0 atom stereocenters. The van der Waals surface area contributed by atoms with Crippen LogP contribution in [0.15, 0.2) is 49.2 Å². The Morgan fingerprint density at radius 3 is 2.62 bits per heavy atom. The fourth-order valence-electron chi connectivity index (χ4n) is 1.93. The first-order chi connectivity index (χ1) is 11.6. The zero-order valence-corrected chi connectivity index (χ0v) is 16.4. The van der Waals surface area contributed by atoms with E-state index in [1.54, 1.807) is 19.2 Å². The van der Waals surface area contributed by atoms with Crippen LogP contribution in [0, 0.1) is 0 Å². The average molecular weight is 473 g/mol. The summed E-state index contributed by atoms with van der Waals surface area (Å²) in [7, 11) is 1.61. The molecule has 0 saturated heterocycles. The molecule has 0 aliphatic heterocycles. The first-order valence-corrected chi connectivity index (χ1v) is 9.19. The molecule has 3 aromatic rings. The van der Waals surface area contributed by atoms with Crippen LogP contribution in [-0.4, -0.2) is 18.2 Å². The Bertz CT molecular complexity index is 838. The summed E-state index contributed by atoms with van der Waals surface area (Å²) in [4.78, 5) is 12.5. The Morgan fingerprint density at radius 1 is 1.25 bits per heavy atom. The lowest BCUT2D eigenvalue weighted by Crippen LogP contribution is -2.02. The molecule has 24 heavy (non-hydrogen) atoms. The van der Waals surface area contributed by atoms with E-state index in [0.29, 0.717) is 16.3 Å². The molecule has 0 amide bonds. The van der Waals surface area contributed by atoms with Gasteiger partial charge in [-0.25, -0.2) is 4.79 Å². The van der Waals surface area contributed by atoms with E-state index < -0.39 is 5.97 Å². The van der Waals surface area contributed by atoms with Gasteiger partial charge in [0, 0.05) is 16.1 Å². The molecule has 0 aliphatic rings. The molecule has 2 heterocycles. The minimum Gasteiger partial charge on any atom is -0.497 e. The van der Waals surface area contributed by atoms with E-state index >= 15 is 0 Å². The van der Waals surface area contributed by atoms with E-state index in [2.05, 4.69) is 37.0 Å². The van der Waals surface area contributed by atoms with Crippen molar-refractivity contribution in [2.75, 3.05) is 7.11 Å². The molecule has 0 N–H and O–H groups in total. The van der Waals surface area contributed by atoms with Crippen molar-refractivity contribution in [2.24, 2.45) is 0 Å². The highest BCUT2D eigenvalue weighted by Crippen LogP contribution is 2.32. The van der Waals surface area contributed by atoms with E-state index in [1.165, 1.54) is 11.3 Å². The lowest BCUT2D eigenvalue weighted by molar-refractivity contribution is 0.0443. The number of hydrogen-bond acceptors (Lipinski definition) is 6. The van der Waals surface area contributed by atoms with Gasteiger partial charge in [0.1, 0.15) is 16.3 Å². The number of carbonyl (C=O) groups excluding carboxylic acids is 1. The molecule has 124 valence electrons. The average Bonchev–Trinajstić information content (AvgIpc) is 3.20. The third kappa shape index (κ3) is 3.88. The smallest absolute Gasteiger partial charge is 0.348 e. The third-order valence-electron chi connectivity index (χ3n) is 3.14. The predicted molar refractivity (Wildman–Crippen MR) is 97.3 cm³/mol. The largest absolute Gasteiger partial charge is 0.497 e. The van der Waals surface area contributed by atoms with Gasteiger partial charge in [-0.2, -0.15) is 0 Å². The van der Waals surface area contributed by atoms with Crippen molar-refractivity contribution in [3.63, 3.8) is 0 Å². The van der Waals surface area contributed by atoms with E-state index in [1.807, 2.05) is 24.3 Å². The minimum absolute atomic E-state index is 0.0229. The summed E-state index contributed by atoms with van der Waals surface area (Å²) >= 11 is 7.98. The van der Waals surface area contributed by atoms with Crippen LogP contribution in [0.5, 0.6) is 5.75 Å². The van der Waals surface area contributed by atoms with E-state index in [-0.39, 0.29) is 6.61 Å². The van der Waals surface area contributed by atoms with Crippen molar-refractivity contribution in [3.05, 3.63) is 55.3 Å². The Balaban J connectivity index is 1.64. The van der Waals surface area contributed by atoms with Crippen molar-refractivity contribution >= 4 is 49.2 Å². The monoisotopic (exact) mass is 471 g/mol. The number of benzene rings is 1. The first-order valence-electron chi connectivity index (χ1n) is 6.79. The Morgan fingerprint density at radius 2 is 2.00 bits per heavy atom. The number of thiophene rings is 1. The molecule has 1 aromatic carbocycles. The molecule has 0 fully saturated rings. The van der Waals surface area contributed by atoms with Crippen molar-refractivity contribution in [1.82, 2.24) is 5.16 Å². The Labute approximate surface area is 158 Å². The van der Waals surface area contributed by atoms with Crippen molar-refractivity contribution < 1.29 is 18.8 Å². The summed E-state index contributed by atoms with van der Waals surface area (Å²) in [6.45, 7) is 0.0229. The topological polar surface area (TPSA) is 61.6 Å². The number of esters is 1. The lowest BCUT2D eigenvalue weighted by atomic mass is 10.1. The number of methoxy groups -OCH3 is 1. The molecule has 0 aliphatic carbocycles. The van der Waals surface area contributed by atoms with Gasteiger partial charge in [-0.05, 0) is 62.2 Å². The molecule has 0 saturated carbocycles. The third-order valence-corrected chi connectivity index (χ3v) is 6.37. The van der Waals surface area contributed by atoms with Crippen LogP contribution in [0.2, 0.25) is 0 Å². The van der Waals surface area contributed by atoms with Gasteiger partial charge in [-0.15, -0.1) is 11.3 Å². The maximum Gasteiger partial charge on any atom is 0.348 e. The fourth-order valence-corrected chi connectivity index (χ4v) is 3.86. The maximum absolute atomic E-state index is 12.0. The summed E-state index contributed by atoms with van der Waals surface area (Å²) in [5, 5.41) is 3.99. The molecule has 0 bridgehead atoms. The van der Waals surface area contributed by atoms with Crippen LogP contribution < -0.4 is 4.74 Å². The van der Waals surface area contributed by atoms with Crippen LogP contribution in [0.1, 0.15) is 15.4 Å². The van der Waals surface area contributed by atoms with Crippen LogP contribution in [0.25, 0.3) is 11.3 Å². The van der Waals surface area contributed by atoms with E-state index in [0.717, 1.165) is 19.6 Å². The molecule has 2 aromatic heterocycles. The second kappa shape index (κ2) is 7.50. The normalized spacial score (nSPS) is 10.6. The Hall–Kier alpha value is -1.64.